The largest absolute Gasteiger partial charge is 0.465 e. The molecule has 0 aliphatic rings. The number of aliphatic imine (C=N–C) groups is 1. The van der Waals surface area contributed by atoms with Crippen molar-refractivity contribution in [2.24, 2.45) is 4.99 Å². The van der Waals surface area contributed by atoms with Gasteiger partial charge in [0.25, 0.3) is 11.9 Å². The summed E-state index contributed by atoms with van der Waals surface area (Å²) >= 11 is 0. The topological polar surface area (TPSA) is 63.8 Å². The standard InChI is InChI=1S/C17H20N2O3/c1-3-11-22-17(19-16(20)15-10-7-12-21-15)18-13(2)14-8-5-4-6-9-14/h4-10,12-13H,3,11H2,1-2H3,(H,18,19,20)/t13-/m1/s1. The maximum atomic E-state index is 12.0. The first kappa shape index (κ1) is 15.8. The van der Waals surface area contributed by atoms with Gasteiger partial charge in [-0.1, -0.05) is 37.3 Å². The number of nitrogens with one attached hydrogen (secondary N) is 1. The predicted molar refractivity (Wildman–Crippen MR) is 84.7 cm³/mol. The molecule has 0 radical (unpaired) electrons. The molecule has 0 saturated carbocycles. The second-order valence-electron chi connectivity index (χ2n) is 4.80. The fourth-order valence-electron chi connectivity index (χ4n) is 1.85. The van der Waals surface area contributed by atoms with Gasteiger partial charge in [-0.15, -0.1) is 0 Å². The third-order valence-corrected chi connectivity index (χ3v) is 3.00. The molecule has 1 amide bonds. The number of rotatable bonds is 5. The average Bonchev–Trinajstić information content (AvgIpc) is 3.08. The summed E-state index contributed by atoms with van der Waals surface area (Å²) in [4.78, 5) is 16.5. The highest BCUT2D eigenvalue weighted by Crippen LogP contribution is 2.16. The van der Waals surface area contributed by atoms with Gasteiger partial charge in [0.2, 0.25) is 0 Å². The van der Waals surface area contributed by atoms with Gasteiger partial charge in [0.15, 0.2) is 5.76 Å². The first-order valence-corrected chi connectivity index (χ1v) is 7.31. The lowest BCUT2D eigenvalue weighted by atomic mass is 10.1. The quantitative estimate of drug-likeness (QED) is 0.678. The number of furan rings is 1. The van der Waals surface area contributed by atoms with Crippen molar-refractivity contribution in [3.05, 3.63) is 60.1 Å². The van der Waals surface area contributed by atoms with Crippen molar-refractivity contribution in [3.63, 3.8) is 0 Å². The van der Waals surface area contributed by atoms with Crippen LogP contribution in [-0.4, -0.2) is 18.5 Å². The molecule has 0 spiro atoms. The summed E-state index contributed by atoms with van der Waals surface area (Å²) in [5.41, 5.74) is 1.05. The molecule has 0 fully saturated rings. The van der Waals surface area contributed by atoms with Gasteiger partial charge in [0, 0.05) is 0 Å². The molecule has 116 valence electrons. The summed E-state index contributed by atoms with van der Waals surface area (Å²) in [6.07, 6.45) is 2.28. The van der Waals surface area contributed by atoms with Gasteiger partial charge >= 0.3 is 0 Å². The zero-order valence-electron chi connectivity index (χ0n) is 12.8. The average molecular weight is 300 g/mol. The molecule has 1 aromatic carbocycles. The molecule has 0 aliphatic carbocycles. The molecule has 5 heteroatoms. The Hall–Kier alpha value is -2.56. The van der Waals surface area contributed by atoms with E-state index in [1.165, 1.54) is 6.26 Å². The van der Waals surface area contributed by atoms with Crippen LogP contribution in [0, 0.1) is 0 Å². The van der Waals surface area contributed by atoms with Crippen LogP contribution >= 0.6 is 0 Å². The molecule has 1 heterocycles. The van der Waals surface area contributed by atoms with Crippen molar-refractivity contribution in [1.82, 2.24) is 5.32 Å². The maximum Gasteiger partial charge on any atom is 0.294 e. The summed E-state index contributed by atoms with van der Waals surface area (Å²) in [5.74, 6) is -0.153. The van der Waals surface area contributed by atoms with E-state index in [0.717, 1.165) is 12.0 Å². The molecule has 5 nitrogen and oxygen atoms in total. The van der Waals surface area contributed by atoms with Crippen molar-refractivity contribution < 1.29 is 13.9 Å². The van der Waals surface area contributed by atoms with Gasteiger partial charge in [-0.05, 0) is 31.0 Å². The van der Waals surface area contributed by atoms with Crippen LogP contribution in [0.3, 0.4) is 0 Å². The number of amides is 1. The van der Waals surface area contributed by atoms with Crippen molar-refractivity contribution in [2.75, 3.05) is 6.61 Å². The molecule has 0 unspecified atom stereocenters. The number of hydrogen-bond acceptors (Lipinski definition) is 4. The summed E-state index contributed by atoms with van der Waals surface area (Å²) in [6, 6.07) is 13.2. The van der Waals surface area contributed by atoms with E-state index >= 15 is 0 Å². The van der Waals surface area contributed by atoms with E-state index in [4.69, 9.17) is 9.15 Å². The van der Waals surface area contributed by atoms with Gasteiger partial charge in [-0.25, -0.2) is 4.99 Å². The maximum absolute atomic E-state index is 12.0. The molecular formula is C17H20N2O3. The van der Waals surface area contributed by atoms with Gasteiger partial charge in [0.1, 0.15) is 0 Å². The monoisotopic (exact) mass is 300 g/mol. The van der Waals surface area contributed by atoms with E-state index in [1.54, 1.807) is 12.1 Å². The Morgan fingerprint density at radius 1 is 1.27 bits per heavy atom. The molecule has 0 bridgehead atoms. The fourth-order valence-corrected chi connectivity index (χ4v) is 1.85. The first-order valence-electron chi connectivity index (χ1n) is 7.31. The van der Waals surface area contributed by atoms with Crippen LogP contribution in [0.25, 0.3) is 0 Å². The number of carbonyl (C=O) groups is 1. The van der Waals surface area contributed by atoms with Crippen LogP contribution < -0.4 is 5.32 Å². The van der Waals surface area contributed by atoms with E-state index in [1.807, 2.05) is 44.2 Å². The number of ether oxygens (including phenoxy) is 1. The minimum atomic E-state index is -0.375. The van der Waals surface area contributed by atoms with Crippen molar-refractivity contribution in [3.8, 4) is 0 Å². The van der Waals surface area contributed by atoms with Crippen molar-refractivity contribution in [1.29, 1.82) is 0 Å². The van der Waals surface area contributed by atoms with Crippen LogP contribution in [0.1, 0.15) is 42.4 Å². The SMILES string of the molecule is CCCOC(=N[C@H](C)c1ccccc1)NC(=O)c1ccco1. The lowest BCUT2D eigenvalue weighted by Gasteiger charge is -2.12. The van der Waals surface area contributed by atoms with Crippen molar-refractivity contribution >= 4 is 11.9 Å². The van der Waals surface area contributed by atoms with Crippen molar-refractivity contribution in [2.45, 2.75) is 26.3 Å². The minimum absolute atomic E-state index is 0.120. The molecule has 2 aromatic rings. The van der Waals surface area contributed by atoms with E-state index in [2.05, 4.69) is 10.3 Å². The summed E-state index contributed by atoms with van der Waals surface area (Å²) in [6.45, 7) is 4.43. The molecule has 0 saturated heterocycles. The normalized spacial score (nSPS) is 12.7. The fraction of sp³-hybridized carbons (Fsp3) is 0.294. The highest BCUT2D eigenvalue weighted by Gasteiger charge is 2.14. The highest BCUT2D eigenvalue weighted by molar-refractivity contribution is 6.02. The van der Waals surface area contributed by atoms with E-state index in [0.29, 0.717) is 6.61 Å². The summed E-state index contributed by atoms with van der Waals surface area (Å²) < 4.78 is 10.6. The van der Waals surface area contributed by atoms with Crippen LogP contribution in [-0.2, 0) is 4.74 Å². The Kier molecular flexibility index (Phi) is 5.77. The second kappa shape index (κ2) is 8.02. The lowest BCUT2D eigenvalue weighted by molar-refractivity contribution is 0.0938. The molecule has 1 aromatic heterocycles. The first-order chi connectivity index (χ1) is 10.7. The van der Waals surface area contributed by atoms with Crippen LogP contribution in [0.4, 0.5) is 0 Å². The van der Waals surface area contributed by atoms with E-state index in [9.17, 15) is 4.79 Å². The van der Waals surface area contributed by atoms with Gasteiger partial charge in [-0.3, -0.25) is 10.1 Å². The summed E-state index contributed by atoms with van der Waals surface area (Å²) in [5, 5.41) is 2.65. The van der Waals surface area contributed by atoms with Gasteiger partial charge in [-0.2, -0.15) is 0 Å². The lowest BCUT2D eigenvalue weighted by Crippen LogP contribution is -2.33. The second-order valence-corrected chi connectivity index (χ2v) is 4.80. The summed E-state index contributed by atoms with van der Waals surface area (Å²) in [7, 11) is 0. The zero-order valence-corrected chi connectivity index (χ0v) is 12.8. The molecular weight excluding hydrogens is 280 g/mol. The Balaban J connectivity index is 2.11. The molecule has 1 atom stereocenters. The smallest absolute Gasteiger partial charge is 0.294 e. The number of nitrogens with zero attached hydrogens (tertiary/aromatic N) is 1. The number of carbonyl (C=O) groups excluding carboxylic acids is 1. The zero-order chi connectivity index (χ0) is 15.8. The van der Waals surface area contributed by atoms with Gasteiger partial charge in [0.05, 0.1) is 18.9 Å². The third-order valence-electron chi connectivity index (χ3n) is 3.00. The Morgan fingerprint density at radius 2 is 2.05 bits per heavy atom. The Labute approximate surface area is 130 Å². The third kappa shape index (κ3) is 4.48. The van der Waals surface area contributed by atoms with Crippen LogP contribution in [0.5, 0.6) is 0 Å². The Bertz CT molecular complexity index is 606. The molecule has 0 aliphatic heterocycles. The van der Waals surface area contributed by atoms with Crippen LogP contribution in [0.15, 0.2) is 58.1 Å². The number of amidine groups is 1. The number of benzene rings is 1. The van der Waals surface area contributed by atoms with Crippen LogP contribution in [0.2, 0.25) is 0 Å². The molecule has 22 heavy (non-hydrogen) atoms. The van der Waals surface area contributed by atoms with Gasteiger partial charge < -0.3 is 9.15 Å². The van der Waals surface area contributed by atoms with E-state index in [-0.39, 0.29) is 23.7 Å². The predicted octanol–water partition coefficient (Wildman–Crippen LogP) is 3.55. The highest BCUT2D eigenvalue weighted by atomic mass is 16.5. The Morgan fingerprint density at radius 3 is 2.68 bits per heavy atom. The van der Waals surface area contributed by atoms with E-state index < -0.39 is 0 Å². The molecule has 1 N–H and O–H groups in total. The molecule has 2 rings (SSSR count). The minimum Gasteiger partial charge on any atom is -0.465 e. The number of hydrogen-bond donors (Lipinski definition) is 1.